The quantitative estimate of drug-likeness (QED) is 0.138. The Bertz CT molecular complexity index is 2760. The molecule has 47 heavy (non-hydrogen) atoms. The van der Waals surface area contributed by atoms with E-state index in [1.807, 2.05) is 11.3 Å². The largest absolute Gasteiger partial charge is 0.135 e. The highest BCUT2D eigenvalue weighted by molar-refractivity contribution is 7.27. The summed E-state index contributed by atoms with van der Waals surface area (Å²) in [6, 6.07) is 62.5. The average molecular weight is 613 g/mol. The van der Waals surface area contributed by atoms with Crippen LogP contribution in [0.1, 0.15) is 0 Å². The van der Waals surface area contributed by atoms with Gasteiger partial charge in [0.05, 0.1) is 0 Å². The van der Waals surface area contributed by atoms with Gasteiger partial charge in [-0.25, -0.2) is 0 Å². The van der Waals surface area contributed by atoms with Gasteiger partial charge in [0.2, 0.25) is 0 Å². The minimum atomic E-state index is 1.23. The zero-order valence-electron chi connectivity index (χ0n) is 25.6. The molecule has 0 aliphatic carbocycles. The van der Waals surface area contributed by atoms with E-state index in [1.54, 1.807) is 0 Å². The maximum absolute atomic E-state index is 2.40. The van der Waals surface area contributed by atoms with Gasteiger partial charge in [0.1, 0.15) is 0 Å². The van der Waals surface area contributed by atoms with Crippen LogP contribution in [0.2, 0.25) is 0 Å². The van der Waals surface area contributed by atoms with Gasteiger partial charge in [-0.1, -0.05) is 158 Å². The zero-order chi connectivity index (χ0) is 30.9. The molecule has 10 aromatic rings. The predicted molar refractivity (Wildman–Crippen MR) is 206 cm³/mol. The molecule has 0 spiro atoms. The van der Waals surface area contributed by atoms with Gasteiger partial charge in [-0.05, 0) is 83.2 Å². The van der Waals surface area contributed by atoms with Crippen molar-refractivity contribution in [2.45, 2.75) is 0 Å². The molecule has 0 bridgehead atoms. The van der Waals surface area contributed by atoms with Crippen LogP contribution in [0.4, 0.5) is 0 Å². The smallest absolute Gasteiger partial charge is 0.0440 e. The molecule has 0 aliphatic heterocycles. The summed E-state index contributed by atoms with van der Waals surface area (Å²) >= 11 is 1.91. The summed E-state index contributed by atoms with van der Waals surface area (Å²) in [6.07, 6.45) is 0. The molecule has 1 aromatic heterocycles. The lowest BCUT2D eigenvalue weighted by atomic mass is 9.85. The Kier molecular flexibility index (Phi) is 5.85. The summed E-state index contributed by atoms with van der Waals surface area (Å²) in [5, 5.41) is 13.1. The molecule has 0 aliphatic rings. The number of thiophene rings is 1. The highest BCUT2D eigenvalue weighted by Gasteiger charge is 2.17. The topological polar surface area (TPSA) is 0 Å². The van der Waals surface area contributed by atoms with Gasteiger partial charge in [-0.15, -0.1) is 11.3 Å². The molecule has 0 atom stereocenters. The minimum absolute atomic E-state index is 1.23. The fourth-order valence-electron chi connectivity index (χ4n) is 7.77. The first-order chi connectivity index (χ1) is 23.3. The van der Waals surface area contributed by atoms with Crippen LogP contribution in [0, 0.1) is 0 Å². The Labute approximate surface area is 276 Å². The second kappa shape index (κ2) is 10.4. The first-order valence-electron chi connectivity index (χ1n) is 16.2. The maximum Gasteiger partial charge on any atom is 0.0440 e. The normalized spacial score (nSPS) is 11.8. The van der Waals surface area contributed by atoms with E-state index >= 15 is 0 Å². The van der Waals surface area contributed by atoms with E-state index in [4.69, 9.17) is 0 Å². The molecule has 0 saturated carbocycles. The number of hydrogen-bond donors (Lipinski definition) is 0. The van der Waals surface area contributed by atoms with Crippen LogP contribution in [0.15, 0.2) is 170 Å². The summed E-state index contributed by atoms with van der Waals surface area (Å²) in [5.74, 6) is 0. The summed E-state index contributed by atoms with van der Waals surface area (Å²) in [6.45, 7) is 0. The summed E-state index contributed by atoms with van der Waals surface area (Å²) in [5.41, 5.74) is 7.54. The highest BCUT2D eigenvalue weighted by Crippen LogP contribution is 2.46. The second-order valence-corrected chi connectivity index (χ2v) is 13.4. The minimum Gasteiger partial charge on any atom is -0.135 e. The first kappa shape index (κ1) is 26.5. The Morgan fingerprint density at radius 3 is 1.38 bits per heavy atom. The number of hydrogen-bond acceptors (Lipinski definition) is 1. The Morgan fingerprint density at radius 1 is 0.277 bits per heavy atom. The molecule has 10 rings (SSSR count). The molecular weight excluding hydrogens is 585 g/mol. The monoisotopic (exact) mass is 612 g/mol. The predicted octanol–water partition coefficient (Wildman–Crippen LogP) is 13.7. The van der Waals surface area contributed by atoms with E-state index in [0.29, 0.717) is 0 Å². The molecule has 0 radical (unpaired) electrons. The molecule has 0 amide bonds. The molecule has 0 unspecified atom stereocenters. The van der Waals surface area contributed by atoms with Crippen LogP contribution in [0.5, 0.6) is 0 Å². The van der Waals surface area contributed by atoms with E-state index in [1.165, 1.54) is 96.6 Å². The van der Waals surface area contributed by atoms with Crippen LogP contribution in [0.25, 0.3) is 96.6 Å². The van der Waals surface area contributed by atoms with Crippen molar-refractivity contribution in [1.29, 1.82) is 0 Å². The summed E-state index contributed by atoms with van der Waals surface area (Å²) in [7, 11) is 0. The van der Waals surface area contributed by atoms with Gasteiger partial charge >= 0.3 is 0 Å². The summed E-state index contributed by atoms with van der Waals surface area (Å²) < 4.78 is 2.72. The molecule has 0 saturated heterocycles. The fourth-order valence-corrected chi connectivity index (χ4v) is 9.02. The van der Waals surface area contributed by atoms with Crippen molar-refractivity contribution in [1.82, 2.24) is 0 Å². The van der Waals surface area contributed by atoms with Crippen LogP contribution in [0.3, 0.4) is 0 Å². The lowest BCUT2D eigenvalue weighted by Gasteiger charge is -2.18. The number of rotatable bonds is 3. The van der Waals surface area contributed by atoms with Gasteiger partial charge in [0.25, 0.3) is 0 Å². The number of fused-ring (bicyclic) bond motifs is 10. The standard InChI is InChI=1S/C46H28S/c1-2-12-30(13-3-1)43-35-16-6-8-18-37(35)44(38-19-9-7-17-36(38)43)31-24-22-29(23-25-31)32-26-27-39-41(28-32)33-14-4-5-15-34(33)45-40-20-10-11-21-42(40)47-46(39)45/h1-28H. The van der Waals surface area contributed by atoms with Crippen molar-refractivity contribution in [2.75, 3.05) is 0 Å². The summed E-state index contributed by atoms with van der Waals surface area (Å²) in [4.78, 5) is 0. The van der Waals surface area contributed by atoms with Crippen molar-refractivity contribution < 1.29 is 0 Å². The highest BCUT2D eigenvalue weighted by atomic mass is 32.1. The molecule has 1 heterocycles. The lowest BCUT2D eigenvalue weighted by Crippen LogP contribution is -1.90. The van der Waals surface area contributed by atoms with Crippen molar-refractivity contribution in [3.8, 4) is 33.4 Å². The van der Waals surface area contributed by atoms with Crippen molar-refractivity contribution >= 4 is 74.6 Å². The van der Waals surface area contributed by atoms with Gasteiger partial charge in [0, 0.05) is 25.6 Å². The van der Waals surface area contributed by atoms with Gasteiger partial charge in [0.15, 0.2) is 0 Å². The van der Waals surface area contributed by atoms with Crippen LogP contribution in [-0.2, 0) is 0 Å². The zero-order valence-corrected chi connectivity index (χ0v) is 26.4. The van der Waals surface area contributed by atoms with Crippen molar-refractivity contribution in [2.24, 2.45) is 0 Å². The number of benzene rings is 9. The Morgan fingerprint density at radius 2 is 0.745 bits per heavy atom. The van der Waals surface area contributed by atoms with Crippen LogP contribution >= 0.6 is 11.3 Å². The van der Waals surface area contributed by atoms with Crippen molar-refractivity contribution in [3.63, 3.8) is 0 Å². The molecule has 0 nitrogen and oxygen atoms in total. The SMILES string of the molecule is c1ccc(-c2c3ccccc3c(-c3ccc(-c4ccc5c(c4)c4ccccc4c4c6ccccc6sc54)cc3)c3ccccc23)cc1. The van der Waals surface area contributed by atoms with Crippen LogP contribution in [-0.4, -0.2) is 0 Å². The Balaban J connectivity index is 1.16. The second-order valence-electron chi connectivity index (χ2n) is 12.4. The van der Waals surface area contributed by atoms with E-state index in [2.05, 4.69) is 170 Å². The molecule has 0 N–H and O–H groups in total. The fraction of sp³-hybridized carbons (Fsp3) is 0. The molecule has 218 valence electrons. The van der Waals surface area contributed by atoms with E-state index < -0.39 is 0 Å². The van der Waals surface area contributed by atoms with Crippen molar-refractivity contribution in [3.05, 3.63) is 170 Å². The first-order valence-corrected chi connectivity index (χ1v) is 17.0. The molecule has 9 aromatic carbocycles. The van der Waals surface area contributed by atoms with Crippen LogP contribution < -0.4 is 0 Å². The molecular formula is C46H28S. The molecule has 0 fully saturated rings. The van der Waals surface area contributed by atoms with E-state index in [0.717, 1.165) is 0 Å². The maximum atomic E-state index is 2.40. The third-order valence-electron chi connectivity index (χ3n) is 9.85. The Hall–Kier alpha value is -5.76. The average Bonchev–Trinajstić information content (AvgIpc) is 3.54. The van der Waals surface area contributed by atoms with Gasteiger partial charge in [-0.2, -0.15) is 0 Å². The van der Waals surface area contributed by atoms with E-state index in [-0.39, 0.29) is 0 Å². The van der Waals surface area contributed by atoms with Gasteiger partial charge < -0.3 is 0 Å². The third kappa shape index (κ3) is 4.00. The third-order valence-corrected chi connectivity index (χ3v) is 11.1. The van der Waals surface area contributed by atoms with Gasteiger partial charge in [-0.3, -0.25) is 0 Å². The lowest BCUT2D eigenvalue weighted by molar-refractivity contribution is 1.63. The molecule has 1 heteroatoms. The van der Waals surface area contributed by atoms with E-state index in [9.17, 15) is 0 Å².